The summed E-state index contributed by atoms with van der Waals surface area (Å²) < 4.78 is 46.8. The maximum atomic E-state index is 12.3. The molecule has 5 nitrogen and oxygen atoms in total. The molecule has 1 saturated heterocycles. The number of morpholine rings is 1. The lowest BCUT2D eigenvalue weighted by molar-refractivity contribution is -0.153. The van der Waals surface area contributed by atoms with Gasteiger partial charge in [0.15, 0.2) is 6.61 Å². The molecule has 1 aliphatic rings. The van der Waals surface area contributed by atoms with Crippen LogP contribution in [0, 0.1) is 0 Å². The van der Waals surface area contributed by atoms with Gasteiger partial charge in [-0.1, -0.05) is 11.6 Å². The van der Waals surface area contributed by atoms with Crippen molar-refractivity contribution >= 4 is 23.2 Å². The minimum absolute atomic E-state index is 0.129. The summed E-state index contributed by atoms with van der Waals surface area (Å²) in [4.78, 5) is 12.0. The van der Waals surface area contributed by atoms with Crippen LogP contribution in [0.2, 0.25) is 5.02 Å². The average molecular weight is 353 g/mol. The Morgan fingerprint density at radius 2 is 2.26 bits per heavy atom. The van der Waals surface area contributed by atoms with Crippen LogP contribution in [0.4, 0.5) is 18.9 Å². The third kappa shape index (κ3) is 6.25. The van der Waals surface area contributed by atoms with Crippen molar-refractivity contribution in [3.8, 4) is 5.75 Å². The first-order valence-electron chi connectivity index (χ1n) is 6.93. The summed E-state index contributed by atoms with van der Waals surface area (Å²) in [6.45, 7) is 0.184. The number of anilines is 1. The SMILES string of the molecule is O=C(CC1COCCN1)Nc1ccc(Cl)cc1OCC(F)(F)F. The summed E-state index contributed by atoms with van der Waals surface area (Å²) in [7, 11) is 0. The van der Waals surface area contributed by atoms with Crippen molar-refractivity contribution in [2.24, 2.45) is 0 Å². The smallest absolute Gasteiger partial charge is 0.422 e. The van der Waals surface area contributed by atoms with Crippen LogP contribution in [0.15, 0.2) is 18.2 Å². The number of hydrogen-bond acceptors (Lipinski definition) is 4. The van der Waals surface area contributed by atoms with Crippen molar-refractivity contribution in [3.63, 3.8) is 0 Å². The van der Waals surface area contributed by atoms with E-state index in [2.05, 4.69) is 10.6 Å². The fourth-order valence-corrected chi connectivity index (χ4v) is 2.22. The normalized spacial score (nSPS) is 18.5. The monoisotopic (exact) mass is 352 g/mol. The number of carbonyl (C=O) groups excluding carboxylic acids is 1. The molecule has 9 heteroatoms. The van der Waals surface area contributed by atoms with Crippen molar-refractivity contribution in [1.82, 2.24) is 5.32 Å². The van der Waals surface area contributed by atoms with Crippen LogP contribution < -0.4 is 15.4 Å². The fraction of sp³-hybridized carbons (Fsp3) is 0.500. The van der Waals surface area contributed by atoms with Crippen LogP contribution in [0.3, 0.4) is 0 Å². The third-order valence-electron chi connectivity index (χ3n) is 3.04. The van der Waals surface area contributed by atoms with E-state index in [0.29, 0.717) is 19.8 Å². The zero-order valence-electron chi connectivity index (χ0n) is 12.1. The van der Waals surface area contributed by atoms with Gasteiger partial charge in [0.05, 0.1) is 18.9 Å². The summed E-state index contributed by atoms with van der Waals surface area (Å²) in [5, 5.41) is 5.86. The topological polar surface area (TPSA) is 59.6 Å². The number of hydrogen-bond donors (Lipinski definition) is 2. The van der Waals surface area contributed by atoms with E-state index >= 15 is 0 Å². The predicted molar refractivity (Wildman–Crippen MR) is 78.9 cm³/mol. The molecule has 1 aromatic rings. The number of ether oxygens (including phenoxy) is 2. The lowest BCUT2D eigenvalue weighted by atomic mass is 10.2. The highest BCUT2D eigenvalue weighted by Crippen LogP contribution is 2.30. The van der Waals surface area contributed by atoms with E-state index in [1.807, 2.05) is 0 Å². The van der Waals surface area contributed by atoms with E-state index < -0.39 is 12.8 Å². The lowest BCUT2D eigenvalue weighted by Gasteiger charge is -2.23. The molecule has 0 radical (unpaired) electrons. The summed E-state index contributed by atoms with van der Waals surface area (Å²) in [6, 6.07) is 3.96. The van der Waals surface area contributed by atoms with Gasteiger partial charge in [0.1, 0.15) is 5.75 Å². The van der Waals surface area contributed by atoms with Crippen molar-refractivity contribution in [2.75, 3.05) is 31.7 Å². The van der Waals surface area contributed by atoms with Gasteiger partial charge in [-0.25, -0.2) is 0 Å². The second kappa shape index (κ2) is 7.85. The van der Waals surface area contributed by atoms with Gasteiger partial charge in [-0.3, -0.25) is 4.79 Å². The Bertz CT molecular complexity index is 549. The van der Waals surface area contributed by atoms with Gasteiger partial charge >= 0.3 is 6.18 Å². The molecule has 2 N–H and O–H groups in total. The predicted octanol–water partition coefficient (Wildman–Crippen LogP) is 2.60. The molecule has 0 bridgehead atoms. The molecule has 1 heterocycles. The number of alkyl halides is 3. The van der Waals surface area contributed by atoms with Gasteiger partial charge in [-0.2, -0.15) is 13.2 Å². The van der Waals surface area contributed by atoms with E-state index in [1.165, 1.54) is 18.2 Å². The second-order valence-electron chi connectivity index (χ2n) is 5.02. The number of benzene rings is 1. The van der Waals surface area contributed by atoms with Crippen LogP contribution in [-0.4, -0.2) is 44.5 Å². The molecular weight excluding hydrogens is 337 g/mol. The molecule has 23 heavy (non-hydrogen) atoms. The van der Waals surface area contributed by atoms with E-state index in [4.69, 9.17) is 21.1 Å². The van der Waals surface area contributed by atoms with Crippen molar-refractivity contribution in [1.29, 1.82) is 0 Å². The quantitative estimate of drug-likeness (QED) is 0.855. The molecule has 1 amide bonds. The standard InChI is InChI=1S/C14H16ClF3N2O3/c15-9-1-2-11(12(5-9)23-8-14(16,17)18)20-13(21)6-10-7-22-4-3-19-10/h1-2,5,10,19H,3-4,6-8H2,(H,20,21). The Hall–Kier alpha value is -1.51. The van der Waals surface area contributed by atoms with Gasteiger partial charge in [0.2, 0.25) is 5.91 Å². The van der Waals surface area contributed by atoms with Gasteiger partial charge in [-0.05, 0) is 12.1 Å². The maximum Gasteiger partial charge on any atom is 0.422 e. The fourth-order valence-electron chi connectivity index (χ4n) is 2.05. The number of nitrogens with one attached hydrogen (secondary N) is 2. The summed E-state index contributed by atoms with van der Waals surface area (Å²) >= 11 is 5.76. The minimum Gasteiger partial charge on any atom is -0.482 e. The molecular formula is C14H16ClF3N2O3. The zero-order valence-corrected chi connectivity index (χ0v) is 12.8. The van der Waals surface area contributed by atoms with Crippen LogP contribution in [0.1, 0.15) is 6.42 Å². The zero-order chi connectivity index (χ0) is 16.9. The third-order valence-corrected chi connectivity index (χ3v) is 3.27. The molecule has 0 spiro atoms. The number of amides is 1. The molecule has 1 atom stereocenters. The van der Waals surface area contributed by atoms with Gasteiger partial charge < -0.3 is 20.1 Å². The minimum atomic E-state index is -4.48. The Kier molecular flexibility index (Phi) is 6.09. The Morgan fingerprint density at radius 3 is 2.91 bits per heavy atom. The highest BCUT2D eigenvalue weighted by molar-refractivity contribution is 6.30. The molecule has 128 valence electrons. The highest BCUT2D eigenvalue weighted by Gasteiger charge is 2.29. The first-order valence-corrected chi connectivity index (χ1v) is 7.31. The van der Waals surface area contributed by atoms with Crippen LogP contribution in [-0.2, 0) is 9.53 Å². The summed E-state index contributed by atoms with van der Waals surface area (Å²) in [6.07, 6.45) is -4.34. The Labute approximate surface area is 136 Å². The van der Waals surface area contributed by atoms with Crippen LogP contribution >= 0.6 is 11.6 Å². The summed E-state index contributed by atoms with van der Waals surface area (Å²) in [5.74, 6) is -0.483. The first kappa shape index (κ1) is 17.8. The van der Waals surface area contributed by atoms with Gasteiger partial charge in [-0.15, -0.1) is 0 Å². The molecule has 0 aliphatic carbocycles. The Morgan fingerprint density at radius 1 is 1.48 bits per heavy atom. The largest absolute Gasteiger partial charge is 0.482 e. The van der Waals surface area contributed by atoms with E-state index in [-0.39, 0.29) is 34.8 Å². The molecule has 0 aromatic heterocycles. The van der Waals surface area contributed by atoms with Gasteiger partial charge in [0.25, 0.3) is 0 Å². The molecule has 1 fully saturated rings. The van der Waals surface area contributed by atoms with E-state index in [0.717, 1.165) is 0 Å². The first-order chi connectivity index (χ1) is 10.8. The van der Waals surface area contributed by atoms with Crippen molar-refractivity contribution < 1.29 is 27.4 Å². The maximum absolute atomic E-state index is 12.3. The van der Waals surface area contributed by atoms with Gasteiger partial charge in [0, 0.05) is 30.1 Å². The van der Waals surface area contributed by atoms with Crippen molar-refractivity contribution in [2.45, 2.75) is 18.6 Å². The average Bonchev–Trinajstić information content (AvgIpc) is 2.47. The molecule has 2 rings (SSSR count). The van der Waals surface area contributed by atoms with Crippen molar-refractivity contribution in [3.05, 3.63) is 23.2 Å². The summed E-state index contributed by atoms with van der Waals surface area (Å²) in [5.41, 5.74) is 0.139. The second-order valence-corrected chi connectivity index (χ2v) is 5.46. The number of halogens is 4. The number of rotatable bonds is 5. The highest BCUT2D eigenvalue weighted by atomic mass is 35.5. The van der Waals surface area contributed by atoms with E-state index in [9.17, 15) is 18.0 Å². The molecule has 1 unspecified atom stereocenters. The molecule has 1 aromatic carbocycles. The Balaban J connectivity index is 1.98. The van der Waals surface area contributed by atoms with Crippen LogP contribution in [0.25, 0.3) is 0 Å². The molecule has 1 aliphatic heterocycles. The van der Waals surface area contributed by atoms with E-state index in [1.54, 1.807) is 0 Å². The molecule has 0 saturated carbocycles. The lowest BCUT2D eigenvalue weighted by Crippen LogP contribution is -2.43. The van der Waals surface area contributed by atoms with Crippen LogP contribution in [0.5, 0.6) is 5.75 Å². The number of carbonyl (C=O) groups is 1.